The van der Waals surface area contributed by atoms with Gasteiger partial charge in [-0.15, -0.1) is 0 Å². The lowest BCUT2D eigenvalue weighted by atomic mass is 9.92. The summed E-state index contributed by atoms with van der Waals surface area (Å²) < 4.78 is 0. The fourth-order valence-electron chi connectivity index (χ4n) is 1.61. The molecule has 0 aliphatic rings. The van der Waals surface area contributed by atoms with Crippen LogP contribution in [0.1, 0.15) is 44.1 Å². The normalized spacial score (nSPS) is 11.9. The Morgan fingerprint density at radius 3 is 2.11 bits per heavy atom. The molecule has 0 spiro atoms. The maximum atomic E-state index is 4.51. The van der Waals surface area contributed by atoms with Crippen LogP contribution in [0.2, 0.25) is 0 Å². The van der Waals surface area contributed by atoms with E-state index in [2.05, 4.69) is 56.8 Å². The highest BCUT2D eigenvalue weighted by Gasteiger charge is 2.09. The topological polar surface area (TPSA) is 37.8 Å². The van der Waals surface area contributed by atoms with Crippen molar-refractivity contribution in [1.29, 1.82) is 0 Å². The molecule has 108 valence electrons. The van der Waals surface area contributed by atoms with Gasteiger partial charge < -0.3 is 5.32 Å². The molecule has 0 amide bonds. The fraction of sp³-hybridized carbons (Fsp3) is 0.733. The summed E-state index contributed by atoms with van der Waals surface area (Å²) in [4.78, 5) is 9.03. The second-order valence-electron chi connectivity index (χ2n) is 6.21. The van der Waals surface area contributed by atoms with Crippen LogP contribution in [0.3, 0.4) is 0 Å². The summed E-state index contributed by atoms with van der Waals surface area (Å²) in [5.74, 6) is 1.02. The van der Waals surface area contributed by atoms with Gasteiger partial charge in [-0.25, -0.2) is 9.97 Å². The molecular formula is C15H27N3S. The van der Waals surface area contributed by atoms with E-state index < -0.39 is 0 Å². The molecule has 1 aromatic rings. The molecule has 1 aromatic heterocycles. The molecule has 0 saturated heterocycles. The summed E-state index contributed by atoms with van der Waals surface area (Å²) in [6.07, 6.45) is 1.21. The van der Waals surface area contributed by atoms with E-state index in [0.717, 1.165) is 35.4 Å². The molecule has 0 aliphatic carbocycles. The second-order valence-corrected chi connectivity index (χ2v) is 7.27. The monoisotopic (exact) mass is 281 g/mol. The Hall–Kier alpha value is -0.610. The Labute approximate surface area is 122 Å². The second kappa shape index (κ2) is 7.25. The highest BCUT2D eigenvalue weighted by molar-refractivity contribution is 7.99. The van der Waals surface area contributed by atoms with Gasteiger partial charge in [-0.3, -0.25) is 0 Å². The summed E-state index contributed by atoms with van der Waals surface area (Å²) in [5.41, 5.74) is 3.80. The molecule has 19 heavy (non-hydrogen) atoms. The Morgan fingerprint density at radius 1 is 1.00 bits per heavy atom. The highest BCUT2D eigenvalue weighted by Crippen LogP contribution is 2.18. The smallest absolute Gasteiger partial charge is 0.188 e. The number of thioether (sulfide) groups is 1. The van der Waals surface area contributed by atoms with Crippen molar-refractivity contribution in [2.24, 2.45) is 5.41 Å². The number of aromatic nitrogens is 2. The Balaban J connectivity index is 2.27. The molecule has 0 atom stereocenters. The van der Waals surface area contributed by atoms with Crippen LogP contribution in [0, 0.1) is 26.2 Å². The van der Waals surface area contributed by atoms with Gasteiger partial charge in [-0.2, -0.15) is 0 Å². The number of hydrogen-bond donors (Lipinski definition) is 1. The van der Waals surface area contributed by atoms with Crippen LogP contribution in [0.15, 0.2) is 5.16 Å². The maximum absolute atomic E-state index is 4.51. The summed E-state index contributed by atoms with van der Waals surface area (Å²) in [6.45, 7) is 15.1. The standard InChI is InChI=1S/C15H27N3S/c1-11-12(2)17-14(18-13(11)3)19-10-9-16-8-7-15(4,5)6/h16H,7-10H2,1-6H3. The van der Waals surface area contributed by atoms with Crippen LogP contribution in [0.5, 0.6) is 0 Å². The third kappa shape index (κ3) is 6.39. The van der Waals surface area contributed by atoms with Gasteiger partial charge in [-0.05, 0) is 44.7 Å². The van der Waals surface area contributed by atoms with Crippen molar-refractivity contribution in [2.45, 2.75) is 53.1 Å². The van der Waals surface area contributed by atoms with E-state index in [1.54, 1.807) is 11.8 Å². The maximum Gasteiger partial charge on any atom is 0.188 e. The molecule has 4 heteroatoms. The Kier molecular flexibility index (Phi) is 6.27. The molecule has 1 N–H and O–H groups in total. The average molecular weight is 281 g/mol. The van der Waals surface area contributed by atoms with Crippen molar-refractivity contribution in [3.05, 3.63) is 17.0 Å². The van der Waals surface area contributed by atoms with Crippen molar-refractivity contribution >= 4 is 11.8 Å². The predicted octanol–water partition coefficient (Wildman–Crippen LogP) is 3.52. The van der Waals surface area contributed by atoms with Gasteiger partial charge >= 0.3 is 0 Å². The van der Waals surface area contributed by atoms with E-state index in [1.165, 1.54) is 12.0 Å². The minimum Gasteiger partial charge on any atom is -0.316 e. The number of rotatable bonds is 6. The first-order valence-corrected chi connectivity index (χ1v) is 7.93. The zero-order valence-corrected chi connectivity index (χ0v) is 13.9. The Bertz CT molecular complexity index is 387. The first kappa shape index (κ1) is 16.4. The van der Waals surface area contributed by atoms with Gasteiger partial charge in [-0.1, -0.05) is 32.5 Å². The largest absolute Gasteiger partial charge is 0.316 e. The van der Waals surface area contributed by atoms with Gasteiger partial charge in [0, 0.05) is 23.7 Å². The number of nitrogens with zero attached hydrogens (tertiary/aromatic N) is 2. The summed E-state index contributed by atoms with van der Waals surface area (Å²) in [7, 11) is 0. The van der Waals surface area contributed by atoms with Gasteiger partial charge in [0.05, 0.1) is 0 Å². The molecule has 1 rings (SSSR count). The SMILES string of the molecule is Cc1nc(SCCNCCC(C)(C)C)nc(C)c1C. The molecule has 0 aromatic carbocycles. The van der Waals surface area contributed by atoms with Crippen molar-refractivity contribution < 1.29 is 0 Å². The van der Waals surface area contributed by atoms with Crippen molar-refractivity contribution in [3.8, 4) is 0 Å². The van der Waals surface area contributed by atoms with Crippen molar-refractivity contribution in [2.75, 3.05) is 18.8 Å². The third-order valence-electron chi connectivity index (χ3n) is 3.17. The fourth-order valence-corrected chi connectivity index (χ4v) is 2.44. The minimum atomic E-state index is 0.411. The first-order chi connectivity index (χ1) is 8.79. The van der Waals surface area contributed by atoms with E-state index >= 15 is 0 Å². The lowest BCUT2D eigenvalue weighted by Crippen LogP contribution is -2.22. The van der Waals surface area contributed by atoms with Gasteiger partial charge in [0.15, 0.2) is 5.16 Å². The lowest BCUT2D eigenvalue weighted by Gasteiger charge is -2.17. The van der Waals surface area contributed by atoms with Crippen LogP contribution in [0.4, 0.5) is 0 Å². The van der Waals surface area contributed by atoms with E-state index in [4.69, 9.17) is 0 Å². The zero-order chi connectivity index (χ0) is 14.5. The van der Waals surface area contributed by atoms with Crippen molar-refractivity contribution in [3.63, 3.8) is 0 Å². The van der Waals surface area contributed by atoms with Crippen LogP contribution in [0.25, 0.3) is 0 Å². The number of aryl methyl sites for hydroxylation is 2. The zero-order valence-electron chi connectivity index (χ0n) is 13.1. The van der Waals surface area contributed by atoms with Crippen LogP contribution < -0.4 is 5.32 Å². The van der Waals surface area contributed by atoms with Gasteiger partial charge in [0.1, 0.15) is 0 Å². The molecule has 1 heterocycles. The number of hydrogen-bond acceptors (Lipinski definition) is 4. The van der Waals surface area contributed by atoms with Crippen molar-refractivity contribution in [1.82, 2.24) is 15.3 Å². The molecule has 0 fully saturated rings. The predicted molar refractivity (Wildman–Crippen MR) is 83.9 cm³/mol. The molecule has 0 unspecified atom stereocenters. The van der Waals surface area contributed by atoms with Crippen LogP contribution >= 0.6 is 11.8 Å². The van der Waals surface area contributed by atoms with Gasteiger partial charge in [0.2, 0.25) is 0 Å². The molecule has 0 saturated carbocycles. The molecule has 0 aliphatic heterocycles. The van der Waals surface area contributed by atoms with Crippen LogP contribution in [-0.2, 0) is 0 Å². The minimum absolute atomic E-state index is 0.411. The van der Waals surface area contributed by atoms with E-state index in [9.17, 15) is 0 Å². The molecule has 0 radical (unpaired) electrons. The highest BCUT2D eigenvalue weighted by atomic mass is 32.2. The van der Waals surface area contributed by atoms with E-state index in [-0.39, 0.29) is 0 Å². The Morgan fingerprint density at radius 2 is 1.58 bits per heavy atom. The van der Waals surface area contributed by atoms with E-state index in [0.29, 0.717) is 5.41 Å². The molecular weight excluding hydrogens is 254 g/mol. The van der Waals surface area contributed by atoms with Gasteiger partial charge in [0.25, 0.3) is 0 Å². The first-order valence-electron chi connectivity index (χ1n) is 6.95. The molecule has 3 nitrogen and oxygen atoms in total. The quantitative estimate of drug-likeness (QED) is 0.492. The van der Waals surface area contributed by atoms with E-state index in [1.807, 2.05) is 0 Å². The summed E-state index contributed by atoms with van der Waals surface area (Å²) >= 11 is 1.73. The lowest BCUT2D eigenvalue weighted by molar-refractivity contribution is 0.369. The van der Waals surface area contributed by atoms with Crippen LogP contribution in [-0.4, -0.2) is 28.8 Å². The number of nitrogens with one attached hydrogen (secondary N) is 1. The third-order valence-corrected chi connectivity index (χ3v) is 4.02. The average Bonchev–Trinajstić information content (AvgIpc) is 2.29. The summed E-state index contributed by atoms with van der Waals surface area (Å²) in [5, 5.41) is 4.38. The molecule has 0 bridgehead atoms. The summed E-state index contributed by atoms with van der Waals surface area (Å²) in [6, 6.07) is 0.